The molecule has 0 fully saturated rings. The molecule has 0 saturated heterocycles. The lowest BCUT2D eigenvalue weighted by Crippen LogP contribution is -2.23. The van der Waals surface area contributed by atoms with Gasteiger partial charge in [-0.3, -0.25) is 4.99 Å². The van der Waals surface area contributed by atoms with Crippen molar-refractivity contribution in [1.29, 1.82) is 0 Å². The Balaban J connectivity index is 0.00000242. The predicted octanol–water partition coefficient (Wildman–Crippen LogP) is 3.30. The van der Waals surface area contributed by atoms with E-state index in [1.165, 1.54) is 0 Å². The molecular weight excluding hydrogens is 411 g/mol. The van der Waals surface area contributed by atoms with Gasteiger partial charge < -0.3 is 15.8 Å². The minimum Gasteiger partial charge on any atom is -0.497 e. The summed E-state index contributed by atoms with van der Waals surface area (Å²) in [5.41, 5.74) is 7.81. The molecule has 2 aromatic rings. The van der Waals surface area contributed by atoms with E-state index in [1.54, 1.807) is 18.4 Å². The van der Waals surface area contributed by atoms with Crippen LogP contribution < -0.4 is 15.8 Å². The van der Waals surface area contributed by atoms with E-state index in [4.69, 9.17) is 10.5 Å². The molecule has 0 saturated carbocycles. The molecule has 22 heavy (non-hydrogen) atoms. The van der Waals surface area contributed by atoms with Crippen molar-refractivity contribution >= 4 is 47.0 Å². The van der Waals surface area contributed by atoms with E-state index in [9.17, 15) is 0 Å². The fourth-order valence-corrected chi connectivity index (χ4v) is 2.58. The number of ether oxygens (including phenoxy) is 1. The Morgan fingerprint density at radius 1 is 1.45 bits per heavy atom. The Bertz CT molecular complexity index is 615. The molecule has 0 aliphatic carbocycles. The summed E-state index contributed by atoms with van der Waals surface area (Å²) < 4.78 is 5.16. The summed E-state index contributed by atoms with van der Waals surface area (Å²) in [6, 6.07) is 7.57. The van der Waals surface area contributed by atoms with E-state index in [-0.39, 0.29) is 24.0 Å². The predicted molar refractivity (Wildman–Crippen MR) is 104 cm³/mol. The molecular formula is C15H21IN4OS. The Morgan fingerprint density at radius 2 is 2.27 bits per heavy atom. The smallest absolute Gasteiger partial charge is 0.193 e. The average Bonchev–Trinajstić information content (AvgIpc) is 2.95. The monoisotopic (exact) mass is 432 g/mol. The zero-order valence-corrected chi connectivity index (χ0v) is 15.9. The molecule has 1 aromatic heterocycles. The first-order valence-corrected chi connectivity index (χ1v) is 7.73. The van der Waals surface area contributed by atoms with Crippen LogP contribution >= 0.6 is 35.3 Å². The van der Waals surface area contributed by atoms with E-state index in [2.05, 4.69) is 27.6 Å². The van der Waals surface area contributed by atoms with E-state index in [0.29, 0.717) is 12.5 Å². The van der Waals surface area contributed by atoms with Gasteiger partial charge in [-0.05, 0) is 18.6 Å². The van der Waals surface area contributed by atoms with E-state index < -0.39 is 0 Å². The Kier molecular flexibility index (Phi) is 8.18. The highest BCUT2D eigenvalue weighted by molar-refractivity contribution is 14.0. The number of nitrogens with two attached hydrogens (primary N) is 1. The van der Waals surface area contributed by atoms with Crippen molar-refractivity contribution in [1.82, 2.24) is 4.98 Å². The van der Waals surface area contributed by atoms with Crippen molar-refractivity contribution in [2.45, 2.75) is 19.8 Å². The number of aliphatic imine (C=N–C) groups is 1. The Morgan fingerprint density at radius 3 is 2.95 bits per heavy atom. The number of aryl methyl sites for hydroxylation is 1. The van der Waals surface area contributed by atoms with Gasteiger partial charge in [0.2, 0.25) is 0 Å². The zero-order valence-electron chi connectivity index (χ0n) is 12.7. The molecule has 0 unspecified atom stereocenters. The molecule has 0 aliphatic heterocycles. The molecule has 3 N–H and O–H groups in total. The Hall–Kier alpha value is -1.35. The van der Waals surface area contributed by atoms with E-state index >= 15 is 0 Å². The van der Waals surface area contributed by atoms with Crippen LogP contribution in [0.25, 0.3) is 0 Å². The second-order valence-electron chi connectivity index (χ2n) is 4.46. The van der Waals surface area contributed by atoms with Gasteiger partial charge in [0.25, 0.3) is 0 Å². The summed E-state index contributed by atoms with van der Waals surface area (Å²) >= 11 is 1.69. The standard InChI is InChI=1S/C15H20N4OS.HI/c1-3-14-18-12(10-21-14)7-8-17-15(16)19-11-5-4-6-13(9-11)20-2;/h4-6,9-10H,3,7-8H2,1-2H3,(H3,16,17,19);1H. The minimum atomic E-state index is 0. The summed E-state index contributed by atoms with van der Waals surface area (Å²) in [5.74, 6) is 1.18. The second-order valence-corrected chi connectivity index (χ2v) is 5.40. The van der Waals surface area contributed by atoms with Crippen LogP contribution in [0.2, 0.25) is 0 Å². The molecule has 0 spiro atoms. The number of guanidine groups is 1. The number of aromatic nitrogens is 1. The quantitative estimate of drug-likeness (QED) is 0.418. The Labute approximate surface area is 152 Å². The van der Waals surface area contributed by atoms with Crippen molar-refractivity contribution in [3.8, 4) is 5.75 Å². The molecule has 5 nitrogen and oxygen atoms in total. The van der Waals surface area contributed by atoms with Gasteiger partial charge >= 0.3 is 0 Å². The largest absolute Gasteiger partial charge is 0.497 e. The van der Waals surface area contributed by atoms with Crippen LogP contribution in [0.3, 0.4) is 0 Å². The number of hydrogen-bond acceptors (Lipinski definition) is 4. The van der Waals surface area contributed by atoms with Crippen LogP contribution in [0, 0.1) is 0 Å². The van der Waals surface area contributed by atoms with Gasteiger partial charge in [0.05, 0.1) is 17.8 Å². The molecule has 120 valence electrons. The third kappa shape index (κ3) is 5.80. The summed E-state index contributed by atoms with van der Waals surface area (Å²) in [6.45, 7) is 2.73. The van der Waals surface area contributed by atoms with Gasteiger partial charge in [0, 0.05) is 30.1 Å². The first kappa shape index (κ1) is 18.7. The minimum absolute atomic E-state index is 0. The summed E-state index contributed by atoms with van der Waals surface area (Å²) in [4.78, 5) is 8.82. The van der Waals surface area contributed by atoms with Crippen LogP contribution in [-0.4, -0.2) is 24.6 Å². The molecule has 0 atom stereocenters. The molecule has 1 heterocycles. The van der Waals surface area contributed by atoms with E-state index in [1.807, 2.05) is 24.3 Å². The number of nitrogens with zero attached hydrogens (tertiary/aromatic N) is 2. The number of rotatable bonds is 6. The van der Waals surface area contributed by atoms with Gasteiger partial charge in [-0.1, -0.05) is 13.0 Å². The van der Waals surface area contributed by atoms with Gasteiger partial charge in [0.1, 0.15) is 5.75 Å². The van der Waals surface area contributed by atoms with Crippen LogP contribution in [-0.2, 0) is 12.8 Å². The van der Waals surface area contributed by atoms with Crippen molar-refractivity contribution in [2.75, 3.05) is 19.0 Å². The van der Waals surface area contributed by atoms with Gasteiger partial charge in [-0.15, -0.1) is 35.3 Å². The summed E-state index contributed by atoms with van der Waals surface area (Å²) in [6.07, 6.45) is 1.78. The average molecular weight is 432 g/mol. The van der Waals surface area contributed by atoms with Crippen molar-refractivity contribution in [2.24, 2.45) is 10.7 Å². The number of thiazole rings is 1. The van der Waals surface area contributed by atoms with Crippen LogP contribution in [0.1, 0.15) is 17.6 Å². The number of benzene rings is 1. The van der Waals surface area contributed by atoms with Crippen LogP contribution in [0.5, 0.6) is 5.75 Å². The SMILES string of the molecule is CCc1nc(CCN=C(N)Nc2cccc(OC)c2)cs1.I. The first-order chi connectivity index (χ1) is 10.2. The van der Waals surface area contributed by atoms with Gasteiger partial charge in [-0.2, -0.15) is 0 Å². The molecule has 2 rings (SSSR count). The number of hydrogen-bond donors (Lipinski definition) is 2. The molecule has 7 heteroatoms. The number of methoxy groups -OCH3 is 1. The third-order valence-corrected chi connectivity index (χ3v) is 3.94. The van der Waals surface area contributed by atoms with Gasteiger partial charge in [-0.25, -0.2) is 4.98 Å². The third-order valence-electron chi connectivity index (χ3n) is 2.89. The molecule has 0 amide bonds. The number of nitrogens with one attached hydrogen (secondary N) is 1. The summed E-state index contributed by atoms with van der Waals surface area (Å²) in [5, 5.41) is 6.30. The topological polar surface area (TPSA) is 72.5 Å². The van der Waals surface area contributed by atoms with Crippen LogP contribution in [0.4, 0.5) is 5.69 Å². The van der Waals surface area contributed by atoms with Crippen molar-refractivity contribution in [3.63, 3.8) is 0 Å². The second kappa shape index (κ2) is 9.62. The fraction of sp³-hybridized carbons (Fsp3) is 0.333. The molecule has 0 radical (unpaired) electrons. The van der Waals surface area contributed by atoms with E-state index in [0.717, 1.165) is 35.0 Å². The van der Waals surface area contributed by atoms with Crippen molar-refractivity contribution in [3.05, 3.63) is 40.3 Å². The summed E-state index contributed by atoms with van der Waals surface area (Å²) in [7, 11) is 1.63. The molecule has 0 bridgehead atoms. The van der Waals surface area contributed by atoms with Crippen LogP contribution in [0.15, 0.2) is 34.6 Å². The lowest BCUT2D eigenvalue weighted by molar-refractivity contribution is 0.415. The maximum atomic E-state index is 5.87. The molecule has 1 aromatic carbocycles. The number of halogens is 1. The maximum Gasteiger partial charge on any atom is 0.193 e. The highest BCUT2D eigenvalue weighted by Gasteiger charge is 2.00. The zero-order chi connectivity index (χ0) is 15.1. The maximum absolute atomic E-state index is 5.87. The normalized spacial score (nSPS) is 10.9. The lowest BCUT2D eigenvalue weighted by Gasteiger charge is -2.07. The van der Waals surface area contributed by atoms with Crippen molar-refractivity contribution < 1.29 is 4.74 Å². The van der Waals surface area contributed by atoms with Gasteiger partial charge in [0.15, 0.2) is 5.96 Å². The lowest BCUT2D eigenvalue weighted by atomic mass is 10.3. The highest BCUT2D eigenvalue weighted by Crippen LogP contribution is 2.16. The first-order valence-electron chi connectivity index (χ1n) is 6.85. The fourth-order valence-electron chi connectivity index (χ4n) is 1.81. The molecule has 0 aliphatic rings. The number of anilines is 1. The highest BCUT2D eigenvalue weighted by atomic mass is 127.